The van der Waals surface area contributed by atoms with E-state index in [4.69, 9.17) is 0 Å². The molecule has 1 unspecified atom stereocenters. The zero-order valence-electron chi connectivity index (χ0n) is 14.9. The van der Waals surface area contributed by atoms with Crippen molar-refractivity contribution in [3.8, 4) is 0 Å². The van der Waals surface area contributed by atoms with Crippen LogP contribution in [0.15, 0.2) is 60.7 Å². The van der Waals surface area contributed by atoms with E-state index in [1.54, 1.807) is 0 Å². The summed E-state index contributed by atoms with van der Waals surface area (Å²) in [6.45, 7) is 0. The summed E-state index contributed by atoms with van der Waals surface area (Å²) in [6.07, 6.45) is 3.01. The molecule has 0 aromatic heterocycles. The third-order valence-electron chi connectivity index (χ3n) is 4.43. The molecule has 4 nitrogen and oxygen atoms in total. The quantitative estimate of drug-likeness (QED) is 0.650. The van der Waals surface area contributed by atoms with Gasteiger partial charge in [-0.15, -0.1) is 0 Å². The SMILES string of the molecule is O=C(O)C(CCCc1ccccc1)CS(=O)(=O)CCCc1ccccc1. The third-order valence-corrected chi connectivity index (χ3v) is 6.25. The maximum Gasteiger partial charge on any atom is 0.307 e. The standard InChI is InChI=1S/C21H26O4S/c22-21(23)20(15-7-13-18-9-3-1-4-10-18)17-26(24,25)16-8-14-19-11-5-2-6-12-19/h1-6,9-12,20H,7-8,13-17H2,(H,22,23). The highest BCUT2D eigenvalue weighted by Gasteiger charge is 2.24. The van der Waals surface area contributed by atoms with Crippen LogP contribution in [0.1, 0.15) is 30.4 Å². The Morgan fingerprint density at radius 1 is 0.846 bits per heavy atom. The van der Waals surface area contributed by atoms with E-state index < -0.39 is 21.7 Å². The molecule has 1 N–H and O–H groups in total. The molecule has 2 aromatic carbocycles. The van der Waals surface area contributed by atoms with Gasteiger partial charge >= 0.3 is 5.97 Å². The Balaban J connectivity index is 1.80. The van der Waals surface area contributed by atoms with Crippen molar-refractivity contribution in [1.29, 1.82) is 0 Å². The summed E-state index contributed by atoms with van der Waals surface area (Å²) >= 11 is 0. The monoisotopic (exact) mass is 374 g/mol. The summed E-state index contributed by atoms with van der Waals surface area (Å²) in [6, 6.07) is 19.5. The molecule has 140 valence electrons. The molecule has 0 aliphatic rings. The van der Waals surface area contributed by atoms with E-state index in [1.165, 1.54) is 0 Å². The third kappa shape index (κ3) is 7.40. The van der Waals surface area contributed by atoms with Gasteiger partial charge in [-0.25, -0.2) is 8.42 Å². The number of carboxylic acids is 1. The largest absolute Gasteiger partial charge is 0.481 e. The summed E-state index contributed by atoms with van der Waals surface area (Å²) in [5, 5.41) is 9.37. The first-order valence-electron chi connectivity index (χ1n) is 8.97. The van der Waals surface area contributed by atoms with Crippen LogP contribution in [0.5, 0.6) is 0 Å². The van der Waals surface area contributed by atoms with Crippen LogP contribution in [-0.4, -0.2) is 31.0 Å². The Morgan fingerprint density at radius 3 is 1.85 bits per heavy atom. The van der Waals surface area contributed by atoms with Crippen molar-refractivity contribution in [2.45, 2.75) is 32.1 Å². The summed E-state index contributed by atoms with van der Waals surface area (Å²) < 4.78 is 24.6. The molecule has 0 spiro atoms. The maximum absolute atomic E-state index is 12.3. The predicted molar refractivity (Wildman–Crippen MR) is 104 cm³/mol. The highest BCUT2D eigenvalue weighted by molar-refractivity contribution is 7.91. The number of rotatable bonds is 11. The minimum Gasteiger partial charge on any atom is -0.481 e. The topological polar surface area (TPSA) is 71.4 Å². The van der Waals surface area contributed by atoms with Crippen LogP contribution in [0, 0.1) is 5.92 Å². The van der Waals surface area contributed by atoms with E-state index in [2.05, 4.69) is 0 Å². The number of sulfone groups is 1. The molecule has 0 radical (unpaired) electrons. The highest BCUT2D eigenvalue weighted by Crippen LogP contribution is 2.15. The molecule has 0 fully saturated rings. The van der Waals surface area contributed by atoms with E-state index in [0.717, 1.165) is 17.5 Å². The van der Waals surface area contributed by atoms with Crippen LogP contribution < -0.4 is 0 Å². The number of benzene rings is 2. The lowest BCUT2D eigenvalue weighted by atomic mass is 10.0. The van der Waals surface area contributed by atoms with E-state index in [9.17, 15) is 18.3 Å². The van der Waals surface area contributed by atoms with Crippen molar-refractivity contribution in [2.24, 2.45) is 5.92 Å². The predicted octanol–water partition coefficient (Wildman–Crippen LogP) is 3.76. The van der Waals surface area contributed by atoms with Crippen molar-refractivity contribution >= 4 is 15.8 Å². The van der Waals surface area contributed by atoms with Gasteiger partial charge < -0.3 is 5.11 Å². The molecule has 0 saturated carbocycles. The summed E-state index contributed by atoms with van der Waals surface area (Å²) in [5.74, 6) is -2.10. The summed E-state index contributed by atoms with van der Waals surface area (Å²) in [5.41, 5.74) is 2.24. The normalized spacial score (nSPS) is 12.6. The number of aryl methyl sites for hydroxylation is 2. The summed E-state index contributed by atoms with van der Waals surface area (Å²) in [7, 11) is -3.37. The van der Waals surface area contributed by atoms with Crippen molar-refractivity contribution in [2.75, 3.05) is 11.5 Å². The summed E-state index contributed by atoms with van der Waals surface area (Å²) in [4.78, 5) is 11.5. The molecular formula is C21H26O4S. The maximum atomic E-state index is 12.3. The Labute approximate surface area is 155 Å². The van der Waals surface area contributed by atoms with Crippen LogP contribution >= 0.6 is 0 Å². The molecular weight excluding hydrogens is 348 g/mol. The lowest BCUT2D eigenvalue weighted by molar-refractivity contribution is -0.141. The Hall–Kier alpha value is -2.14. The molecule has 26 heavy (non-hydrogen) atoms. The molecule has 2 rings (SSSR count). The van der Waals surface area contributed by atoms with Crippen LogP contribution in [-0.2, 0) is 27.5 Å². The first kappa shape index (κ1) is 20.2. The number of carboxylic acid groups (broad SMARTS) is 1. The smallest absolute Gasteiger partial charge is 0.307 e. The van der Waals surface area contributed by atoms with E-state index in [-0.39, 0.29) is 11.5 Å². The van der Waals surface area contributed by atoms with Gasteiger partial charge in [0, 0.05) is 0 Å². The van der Waals surface area contributed by atoms with Crippen molar-refractivity contribution in [3.63, 3.8) is 0 Å². The van der Waals surface area contributed by atoms with Crippen LogP contribution in [0.4, 0.5) is 0 Å². The zero-order chi connectivity index (χ0) is 18.8. The molecule has 0 saturated heterocycles. The second kappa shape index (κ2) is 10.1. The van der Waals surface area contributed by atoms with Gasteiger partial charge in [-0.2, -0.15) is 0 Å². The molecule has 2 aromatic rings. The average molecular weight is 375 g/mol. The number of carbonyl (C=O) groups is 1. The molecule has 0 aliphatic carbocycles. The van der Waals surface area contributed by atoms with Gasteiger partial charge in [0.25, 0.3) is 0 Å². The van der Waals surface area contributed by atoms with Crippen LogP contribution in [0.25, 0.3) is 0 Å². The van der Waals surface area contributed by atoms with Crippen molar-refractivity contribution < 1.29 is 18.3 Å². The van der Waals surface area contributed by atoms with Gasteiger partial charge in [-0.1, -0.05) is 60.7 Å². The van der Waals surface area contributed by atoms with E-state index in [0.29, 0.717) is 25.7 Å². The molecule has 0 amide bonds. The van der Waals surface area contributed by atoms with Crippen LogP contribution in [0.2, 0.25) is 0 Å². The fraction of sp³-hybridized carbons (Fsp3) is 0.381. The molecule has 0 heterocycles. The Bertz CT molecular complexity index is 770. The number of hydrogen-bond acceptors (Lipinski definition) is 3. The second-order valence-electron chi connectivity index (χ2n) is 6.62. The molecule has 5 heteroatoms. The van der Waals surface area contributed by atoms with Gasteiger partial charge in [-0.05, 0) is 43.2 Å². The van der Waals surface area contributed by atoms with Crippen molar-refractivity contribution in [3.05, 3.63) is 71.8 Å². The molecule has 1 atom stereocenters. The van der Waals surface area contributed by atoms with E-state index in [1.807, 2.05) is 60.7 Å². The lowest BCUT2D eigenvalue weighted by Gasteiger charge is -2.13. The highest BCUT2D eigenvalue weighted by atomic mass is 32.2. The van der Waals surface area contributed by atoms with Gasteiger partial charge in [0.15, 0.2) is 9.84 Å². The minimum atomic E-state index is -3.37. The second-order valence-corrected chi connectivity index (χ2v) is 8.85. The van der Waals surface area contributed by atoms with Gasteiger partial charge in [0.2, 0.25) is 0 Å². The number of aliphatic carboxylic acids is 1. The van der Waals surface area contributed by atoms with Crippen LogP contribution in [0.3, 0.4) is 0 Å². The lowest BCUT2D eigenvalue weighted by Crippen LogP contribution is -2.25. The van der Waals surface area contributed by atoms with E-state index >= 15 is 0 Å². The molecule has 0 bridgehead atoms. The van der Waals surface area contributed by atoms with Gasteiger partial charge in [0.1, 0.15) is 0 Å². The zero-order valence-corrected chi connectivity index (χ0v) is 15.7. The number of hydrogen-bond donors (Lipinski definition) is 1. The van der Waals surface area contributed by atoms with Gasteiger partial charge in [0.05, 0.1) is 17.4 Å². The van der Waals surface area contributed by atoms with Gasteiger partial charge in [-0.3, -0.25) is 4.79 Å². The first-order valence-corrected chi connectivity index (χ1v) is 10.8. The average Bonchev–Trinajstić information content (AvgIpc) is 2.62. The first-order chi connectivity index (χ1) is 12.5. The fourth-order valence-corrected chi connectivity index (χ4v) is 4.68. The molecule has 0 aliphatic heterocycles. The Morgan fingerprint density at radius 2 is 1.35 bits per heavy atom. The minimum absolute atomic E-state index is 0.0321. The van der Waals surface area contributed by atoms with Crippen molar-refractivity contribution in [1.82, 2.24) is 0 Å². The Kier molecular flexibility index (Phi) is 7.85. The fourth-order valence-electron chi connectivity index (χ4n) is 3.01.